The zero-order valence-corrected chi connectivity index (χ0v) is 16.2. The fourth-order valence-electron chi connectivity index (χ4n) is 2.36. The molecule has 168 valence electrons. The van der Waals surface area contributed by atoms with Crippen LogP contribution in [0.25, 0.3) is 0 Å². The van der Waals surface area contributed by atoms with Crippen LogP contribution in [0.4, 0.5) is 17.6 Å². The van der Waals surface area contributed by atoms with Crippen molar-refractivity contribution < 1.29 is 37.1 Å². The lowest BCUT2D eigenvalue weighted by atomic mass is 10.0. The number of rotatable bonds is 7. The molecule has 2 amide bonds. The molecule has 0 fully saturated rings. The molecule has 0 saturated heterocycles. The van der Waals surface area contributed by atoms with Crippen molar-refractivity contribution in [3.8, 4) is 0 Å². The average Bonchev–Trinajstić information content (AvgIpc) is 2.68. The molecule has 0 bridgehead atoms. The third-order valence-corrected chi connectivity index (χ3v) is 3.83. The lowest BCUT2D eigenvalue weighted by Gasteiger charge is -2.12. The number of alkyl halides is 3. The summed E-state index contributed by atoms with van der Waals surface area (Å²) in [5.41, 5.74) is 12.8. The first-order chi connectivity index (χ1) is 14.4. The van der Waals surface area contributed by atoms with E-state index >= 15 is 0 Å². The van der Waals surface area contributed by atoms with Gasteiger partial charge in [-0.25, -0.2) is 9.18 Å². The first kappa shape index (κ1) is 25.6. The monoisotopic (exact) mass is 443 g/mol. The van der Waals surface area contributed by atoms with E-state index in [9.17, 15) is 27.2 Å². The largest absolute Gasteiger partial charge is 0.490 e. The minimum Gasteiger partial charge on any atom is -0.475 e. The van der Waals surface area contributed by atoms with Crippen molar-refractivity contribution in [2.24, 2.45) is 11.5 Å². The molecule has 0 unspecified atom stereocenters. The SMILES string of the molecule is NC(=O)c1cccc(CNC(=O)C[C@H](N)Cc2ccccc2F)c1.O=C(O)C(F)(F)F. The van der Waals surface area contributed by atoms with Gasteiger partial charge in [0.15, 0.2) is 0 Å². The van der Waals surface area contributed by atoms with Crippen LogP contribution in [0.1, 0.15) is 27.9 Å². The Kier molecular flexibility index (Phi) is 9.61. The number of carboxylic acids is 1. The minimum absolute atomic E-state index is 0.0871. The van der Waals surface area contributed by atoms with Gasteiger partial charge in [-0.05, 0) is 35.7 Å². The summed E-state index contributed by atoms with van der Waals surface area (Å²) in [6, 6.07) is 12.6. The molecule has 0 aromatic heterocycles. The van der Waals surface area contributed by atoms with E-state index in [0.717, 1.165) is 5.56 Å². The molecule has 7 nitrogen and oxygen atoms in total. The first-order valence-electron chi connectivity index (χ1n) is 8.84. The van der Waals surface area contributed by atoms with E-state index in [1.807, 2.05) is 0 Å². The number of primary amides is 1. The Balaban J connectivity index is 0.000000592. The second kappa shape index (κ2) is 11.6. The van der Waals surface area contributed by atoms with Crippen LogP contribution >= 0.6 is 0 Å². The highest BCUT2D eigenvalue weighted by Crippen LogP contribution is 2.13. The van der Waals surface area contributed by atoms with Crippen molar-refractivity contribution in [2.45, 2.75) is 31.6 Å². The predicted octanol–water partition coefficient (Wildman–Crippen LogP) is 2.13. The molecule has 0 saturated carbocycles. The molecule has 31 heavy (non-hydrogen) atoms. The van der Waals surface area contributed by atoms with E-state index in [1.54, 1.807) is 42.5 Å². The maximum atomic E-state index is 13.6. The van der Waals surface area contributed by atoms with Gasteiger partial charge in [0.1, 0.15) is 5.82 Å². The fraction of sp³-hybridized carbons (Fsp3) is 0.250. The summed E-state index contributed by atoms with van der Waals surface area (Å²) in [6.45, 7) is 0.270. The third kappa shape index (κ3) is 9.72. The summed E-state index contributed by atoms with van der Waals surface area (Å²) < 4.78 is 45.3. The number of hydrogen-bond donors (Lipinski definition) is 4. The number of hydrogen-bond acceptors (Lipinski definition) is 4. The molecular weight excluding hydrogens is 422 g/mol. The molecule has 2 aromatic carbocycles. The van der Waals surface area contributed by atoms with Crippen molar-refractivity contribution >= 4 is 17.8 Å². The van der Waals surface area contributed by atoms with Gasteiger partial charge in [0.05, 0.1) is 0 Å². The summed E-state index contributed by atoms with van der Waals surface area (Å²) in [7, 11) is 0. The number of amides is 2. The lowest BCUT2D eigenvalue weighted by Crippen LogP contribution is -2.33. The van der Waals surface area contributed by atoms with Crippen LogP contribution in [0, 0.1) is 5.82 Å². The maximum Gasteiger partial charge on any atom is 0.490 e. The molecule has 11 heteroatoms. The number of nitrogens with one attached hydrogen (secondary N) is 1. The van der Waals surface area contributed by atoms with E-state index in [0.29, 0.717) is 11.1 Å². The topological polar surface area (TPSA) is 136 Å². The van der Waals surface area contributed by atoms with Gasteiger partial charge < -0.3 is 21.9 Å². The van der Waals surface area contributed by atoms with Crippen molar-refractivity contribution in [3.05, 3.63) is 71.0 Å². The second-order valence-corrected chi connectivity index (χ2v) is 6.40. The molecule has 0 aliphatic heterocycles. The highest BCUT2D eigenvalue weighted by molar-refractivity contribution is 5.92. The number of nitrogens with two attached hydrogens (primary N) is 2. The van der Waals surface area contributed by atoms with Crippen LogP contribution < -0.4 is 16.8 Å². The van der Waals surface area contributed by atoms with Gasteiger partial charge in [-0.2, -0.15) is 13.2 Å². The molecule has 0 heterocycles. The van der Waals surface area contributed by atoms with Crippen LogP contribution in [0.15, 0.2) is 48.5 Å². The van der Waals surface area contributed by atoms with Gasteiger partial charge in [0.2, 0.25) is 11.8 Å². The quantitative estimate of drug-likeness (QED) is 0.486. The summed E-state index contributed by atoms with van der Waals surface area (Å²) >= 11 is 0. The third-order valence-electron chi connectivity index (χ3n) is 3.83. The molecule has 0 aliphatic carbocycles. The van der Waals surface area contributed by atoms with E-state index in [1.165, 1.54) is 6.07 Å². The molecule has 1 atom stereocenters. The minimum atomic E-state index is -5.08. The molecule has 0 radical (unpaired) electrons. The van der Waals surface area contributed by atoms with Crippen LogP contribution in [0.3, 0.4) is 0 Å². The van der Waals surface area contributed by atoms with Crippen molar-refractivity contribution in [1.29, 1.82) is 0 Å². The van der Waals surface area contributed by atoms with E-state index in [4.69, 9.17) is 21.4 Å². The van der Waals surface area contributed by atoms with Gasteiger partial charge >= 0.3 is 12.1 Å². The Morgan fingerprint density at radius 1 is 1.06 bits per heavy atom. The normalized spacial score (nSPS) is 11.6. The summed E-state index contributed by atoms with van der Waals surface area (Å²) in [5.74, 6) is -3.83. The molecule has 0 spiro atoms. The number of carbonyl (C=O) groups is 3. The van der Waals surface area contributed by atoms with Crippen molar-refractivity contribution in [3.63, 3.8) is 0 Å². The Labute approximate surface area is 175 Å². The van der Waals surface area contributed by atoms with Gasteiger partial charge in [-0.3, -0.25) is 9.59 Å². The smallest absolute Gasteiger partial charge is 0.475 e. The van der Waals surface area contributed by atoms with Gasteiger partial charge in [0, 0.05) is 24.6 Å². The Morgan fingerprint density at radius 3 is 2.23 bits per heavy atom. The number of halogens is 4. The summed E-state index contributed by atoms with van der Waals surface area (Å²) in [6.07, 6.45) is -4.71. The van der Waals surface area contributed by atoms with Crippen LogP contribution in [0.2, 0.25) is 0 Å². The average molecular weight is 443 g/mol. The Bertz CT molecular complexity index is 919. The zero-order valence-electron chi connectivity index (χ0n) is 16.2. The molecule has 2 rings (SSSR count). The summed E-state index contributed by atoms with van der Waals surface area (Å²) in [4.78, 5) is 32.0. The first-order valence-corrected chi connectivity index (χ1v) is 8.84. The fourth-order valence-corrected chi connectivity index (χ4v) is 2.36. The van der Waals surface area contributed by atoms with Gasteiger partial charge in [-0.15, -0.1) is 0 Å². The Hall–Kier alpha value is -3.47. The summed E-state index contributed by atoms with van der Waals surface area (Å²) in [5, 5.41) is 9.86. The maximum absolute atomic E-state index is 13.6. The van der Waals surface area contributed by atoms with Gasteiger partial charge in [-0.1, -0.05) is 30.3 Å². The molecular formula is C20H21F4N3O4. The zero-order chi connectivity index (χ0) is 23.6. The molecule has 6 N–H and O–H groups in total. The number of carbonyl (C=O) groups excluding carboxylic acids is 2. The number of aliphatic carboxylic acids is 1. The van der Waals surface area contributed by atoms with E-state index < -0.39 is 24.1 Å². The number of benzene rings is 2. The standard InChI is InChI=1S/C18H20FN3O2.C2HF3O2/c19-16-7-2-1-5-13(16)9-15(20)10-17(23)22-11-12-4-3-6-14(8-12)18(21)24;3-2(4,5)1(6)7/h1-8,15H,9-11,20H2,(H2,21,24)(H,22,23);(H,6,7)/t15-;/m1./s1. The van der Waals surface area contributed by atoms with Crippen LogP contribution in [0.5, 0.6) is 0 Å². The van der Waals surface area contributed by atoms with Crippen molar-refractivity contribution in [2.75, 3.05) is 0 Å². The van der Waals surface area contributed by atoms with Gasteiger partial charge in [0.25, 0.3) is 0 Å². The highest BCUT2D eigenvalue weighted by atomic mass is 19.4. The van der Waals surface area contributed by atoms with E-state index in [2.05, 4.69) is 5.32 Å². The van der Waals surface area contributed by atoms with Crippen LogP contribution in [-0.2, 0) is 22.6 Å². The van der Waals surface area contributed by atoms with E-state index in [-0.39, 0.29) is 31.1 Å². The lowest BCUT2D eigenvalue weighted by molar-refractivity contribution is -0.192. The Morgan fingerprint density at radius 2 is 1.68 bits per heavy atom. The molecule has 2 aromatic rings. The van der Waals surface area contributed by atoms with Crippen molar-refractivity contribution in [1.82, 2.24) is 5.32 Å². The second-order valence-electron chi connectivity index (χ2n) is 6.40. The predicted molar refractivity (Wildman–Crippen MR) is 103 cm³/mol. The highest BCUT2D eigenvalue weighted by Gasteiger charge is 2.38. The number of carboxylic acid groups (broad SMARTS) is 1. The molecule has 0 aliphatic rings. The van der Waals surface area contributed by atoms with Crippen LogP contribution in [-0.4, -0.2) is 35.1 Å².